The molecule has 7 heteroatoms. The van der Waals surface area contributed by atoms with Crippen molar-refractivity contribution in [1.82, 2.24) is 4.72 Å². The van der Waals surface area contributed by atoms with E-state index in [1.165, 1.54) is 11.9 Å². The highest BCUT2D eigenvalue weighted by Gasteiger charge is 2.18. The molecule has 5 rings (SSSR count). The highest BCUT2D eigenvalue weighted by Crippen LogP contribution is 2.44. The SMILES string of the molecule is Clc1ccc(-c2cc(-c3ccc(Cl)cc3)c([N]Sc3cc(Cl)cc(Cl)c3)c(-c3ccc(Cl)cc3)c2)cc1. The van der Waals surface area contributed by atoms with Crippen LogP contribution < -0.4 is 4.72 Å². The van der Waals surface area contributed by atoms with E-state index in [0.29, 0.717) is 25.1 Å². The first-order valence-electron chi connectivity index (χ1n) is 11.2. The second kappa shape index (κ2) is 11.6. The molecule has 37 heavy (non-hydrogen) atoms. The van der Waals surface area contributed by atoms with Gasteiger partial charge in [0.1, 0.15) is 0 Å². The van der Waals surface area contributed by atoms with Gasteiger partial charge in [-0.3, -0.25) is 0 Å². The van der Waals surface area contributed by atoms with E-state index in [4.69, 9.17) is 62.7 Å². The Morgan fingerprint density at radius 1 is 0.405 bits per heavy atom. The molecule has 0 aliphatic rings. The lowest BCUT2D eigenvalue weighted by Gasteiger charge is -2.18. The van der Waals surface area contributed by atoms with Crippen LogP contribution >= 0.6 is 70.0 Å². The Morgan fingerprint density at radius 2 is 0.811 bits per heavy atom. The molecule has 0 heterocycles. The molecule has 0 fully saturated rings. The summed E-state index contributed by atoms with van der Waals surface area (Å²) >= 11 is 32.4. The zero-order valence-electron chi connectivity index (χ0n) is 19.1. The fourth-order valence-electron chi connectivity index (χ4n) is 3.92. The average molecular weight is 601 g/mol. The van der Waals surface area contributed by atoms with Crippen molar-refractivity contribution in [2.45, 2.75) is 4.90 Å². The van der Waals surface area contributed by atoms with Crippen molar-refractivity contribution >= 4 is 75.6 Å². The van der Waals surface area contributed by atoms with Gasteiger partial charge < -0.3 is 0 Å². The largest absolute Gasteiger partial charge is 0.210 e. The summed E-state index contributed by atoms with van der Waals surface area (Å²) in [5, 5.41) is 3.12. The van der Waals surface area contributed by atoms with Crippen LogP contribution in [0.25, 0.3) is 33.4 Å². The van der Waals surface area contributed by atoms with Gasteiger partial charge in [-0.15, -0.1) is 0 Å². The van der Waals surface area contributed by atoms with Gasteiger partial charge in [0.15, 0.2) is 0 Å². The van der Waals surface area contributed by atoms with Crippen molar-refractivity contribution in [2.24, 2.45) is 0 Å². The maximum Gasteiger partial charge on any atom is 0.0874 e. The van der Waals surface area contributed by atoms with Crippen LogP contribution in [-0.2, 0) is 0 Å². The van der Waals surface area contributed by atoms with Crippen LogP contribution in [0, 0.1) is 0 Å². The summed E-state index contributed by atoms with van der Waals surface area (Å²) in [4.78, 5) is 0.836. The fourth-order valence-corrected chi connectivity index (χ4v) is 5.71. The number of nitrogens with zero attached hydrogens (tertiary/aromatic N) is 1. The van der Waals surface area contributed by atoms with E-state index in [1.807, 2.05) is 84.9 Å². The monoisotopic (exact) mass is 598 g/mol. The average Bonchev–Trinajstić information content (AvgIpc) is 2.88. The molecule has 0 atom stereocenters. The molecule has 0 aromatic heterocycles. The molecule has 0 bridgehead atoms. The van der Waals surface area contributed by atoms with E-state index in [-0.39, 0.29) is 0 Å². The zero-order valence-corrected chi connectivity index (χ0v) is 23.7. The first kappa shape index (κ1) is 26.3. The molecule has 183 valence electrons. The maximum atomic E-state index is 6.24. The maximum absolute atomic E-state index is 6.24. The summed E-state index contributed by atoms with van der Waals surface area (Å²) in [6.07, 6.45) is 0. The predicted molar refractivity (Wildman–Crippen MR) is 162 cm³/mol. The molecule has 0 saturated heterocycles. The first-order chi connectivity index (χ1) is 17.9. The van der Waals surface area contributed by atoms with Gasteiger partial charge in [0.25, 0.3) is 0 Å². The predicted octanol–water partition coefficient (Wildman–Crippen LogP) is 11.9. The Bertz CT molecular complexity index is 1460. The summed E-state index contributed by atoms with van der Waals surface area (Å²) in [5.41, 5.74) is 6.75. The van der Waals surface area contributed by atoms with Crippen molar-refractivity contribution in [2.75, 3.05) is 0 Å². The van der Waals surface area contributed by atoms with Gasteiger partial charge in [-0.1, -0.05) is 94.4 Å². The number of halogens is 5. The third kappa shape index (κ3) is 6.41. The molecule has 0 spiro atoms. The van der Waals surface area contributed by atoms with Crippen molar-refractivity contribution in [1.29, 1.82) is 0 Å². The van der Waals surface area contributed by atoms with Crippen LogP contribution in [0.3, 0.4) is 0 Å². The Hall–Kier alpha value is -2.30. The van der Waals surface area contributed by atoms with E-state index in [9.17, 15) is 0 Å². The van der Waals surface area contributed by atoms with Crippen molar-refractivity contribution in [3.8, 4) is 33.4 Å². The number of benzene rings is 5. The van der Waals surface area contributed by atoms with Crippen LogP contribution in [0.1, 0.15) is 0 Å². The Morgan fingerprint density at radius 3 is 1.24 bits per heavy atom. The Balaban J connectivity index is 1.71. The van der Waals surface area contributed by atoms with Gasteiger partial charge in [-0.2, -0.15) is 0 Å². The molecule has 5 aromatic carbocycles. The molecule has 0 aliphatic heterocycles. The molecular weight excluding hydrogens is 584 g/mol. The standard InChI is InChI=1S/C30H17Cl5NS/c31-22-7-1-18(2-8-22)21-13-28(19-3-9-23(32)10-4-19)30(29(14-21)20-5-11-24(33)12-6-20)36-37-27-16-25(34)15-26(35)17-27/h1-17H. The highest BCUT2D eigenvalue weighted by atomic mass is 35.5. The lowest BCUT2D eigenvalue weighted by atomic mass is 9.91. The highest BCUT2D eigenvalue weighted by molar-refractivity contribution is 7.97. The van der Waals surface area contributed by atoms with E-state index in [0.717, 1.165) is 44.0 Å². The van der Waals surface area contributed by atoms with Gasteiger partial charge in [-0.05, 0) is 89.0 Å². The summed E-state index contributed by atoms with van der Waals surface area (Å²) in [6, 6.07) is 32.9. The van der Waals surface area contributed by atoms with E-state index in [1.54, 1.807) is 6.07 Å². The smallest absolute Gasteiger partial charge is 0.0874 e. The van der Waals surface area contributed by atoms with Gasteiger partial charge in [-0.25, -0.2) is 4.72 Å². The normalized spacial score (nSPS) is 10.9. The molecule has 0 amide bonds. The number of hydrogen-bond acceptors (Lipinski definition) is 1. The minimum Gasteiger partial charge on any atom is -0.210 e. The quantitative estimate of drug-likeness (QED) is 0.177. The third-order valence-electron chi connectivity index (χ3n) is 5.68. The topological polar surface area (TPSA) is 14.1 Å². The van der Waals surface area contributed by atoms with E-state index >= 15 is 0 Å². The van der Waals surface area contributed by atoms with Crippen LogP contribution in [0.4, 0.5) is 5.69 Å². The molecule has 1 nitrogen and oxygen atoms in total. The summed E-state index contributed by atoms with van der Waals surface area (Å²) in [7, 11) is 0. The van der Waals surface area contributed by atoms with Gasteiger partial charge in [0.2, 0.25) is 0 Å². The lowest BCUT2D eigenvalue weighted by Crippen LogP contribution is -1.96. The van der Waals surface area contributed by atoms with E-state index in [2.05, 4.69) is 12.1 Å². The zero-order chi connectivity index (χ0) is 25.9. The molecule has 0 saturated carbocycles. The molecule has 1 radical (unpaired) electrons. The van der Waals surface area contributed by atoms with Crippen LogP contribution in [0.5, 0.6) is 0 Å². The minimum absolute atomic E-state index is 0.555. The molecule has 0 aliphatic carbocycles. The fraction of sp³-hybridized carbons (Fsp3) is 0. The molecule has 0 unspecified atom stereocenters. The van der Waals surface area contributed by atoms with Gasteiger partial charge >= 0.3 is 0 Å². The van der Waals surface area contributed by atoms with Crippen molar-refractivity contribution in [3.05, 3.63) is 128 Å². The first-order valence-corrected chi connectivity index (χ1v) is 13.8. The van der Waals surface area contributed by atoms with Gasteiger partial charge in [0, 0.05) is 53.1 Å². The number of hydrogen-bond donors (Lipinski definition) is 0. The third-order valence-corrected chi connectivity index (χ3v) is 7.59. The van der Waals surface area contributed by atoms with E-state index < -0.39 is 0 Å². The Labute approximate surface area is 245 Å². The molecule has 5 aromatic rings. The Kier molecular flexibility index (Phi) is 8.26. The second-order valence-corrected chi connectivity index (χ2v) is 11.2. The summed E-state index contributed by atoms with van der Waals surface area (Å²) < 4.78 is 5.02. The van der Waals surface area contributed by atoms with Crippen molar-refractivity contribution in [3.63, 3.8) is 0 Å². The molecular formula is C30H17Cl5NS. The summed E-state index contributed by atoms with van der Waals surface area (Å²) in [5.74, 6) is 0. The molecule has 0 N–H and O–H groups in total. The van der Waals surface area contributed by atoms with Crippen LogP contribution in [-0.4, -0.2) is 0 Å². The number of rotatable bonds is 6. The van der Waals surface area contributed by atoms with Crippen LogP contribution in [0.15, 0.2) is 108 Å². The van der Waals surface area contributed by atoms with Gasteiger partial charge in [0.05, 0.1) is 5.69 Å². The second-order valence-electron chi connectivity index (χ2n) is 8.23. The lowest BCUT2D eigenvalue weighted by molar-refractivity contribution is 1.34. The van der Waals surface area contributed by atoms with Crippen LogP contribution in [0.2, 0.25) is 25.1 Å². The summed E-state index contributed by atoms with van der Waals surface area (Å²) in [6.45, 7) is 0. The minimum atomic E-state index is 0.555. The van der Waals surface area contributed by atoms with Crippen molar-refractivity contribution < 1.29 is 0 Å².